The molecule has 0 aliphatic heterocycles. The fraction of sp³-hybridized carbons (Fsp3) is 0.750. The Balaban J connectivity index is 1.38. The minimum atomic E-state index is 0.646. The van der Waals surface area contributed by atoms with Crippen molar-refractivity contribution in [1.82, 2.24) is 10.6 Å². The van der Waals surface area contributed by atoms with Crippen LogP contribution in [0, 0.1) is 11.8 Å². The van der Waals surface area contributed by atoms with Crippen LogP contribution in [0.1, 0.15) is 89.2 Å². The molecule has 2 aliphatic carbocycles. The van der Waals surface area contributed by atoms with E-state index in [0.29, 0.717) is 12.1 Å². The average Bonchev–Trinajstić information content (AvgIpc) is 2.72. The standard InChI is InChI=1S/C24H40N2/c1-19(23-9-5-3-6-10-23)25-17-21-13-15-22(16-14-21)18-26-20(2)24-11-7-4-8-12-24/h13-16,19-20,23-26H,3-12,17-18H2,1-2H3. The zero-order chi connectivity index (χ0) is 18.2. The molecule has 2 heteroatoms. The molecular formula is C24H40N2. The van der Waals surface area contributed by atoms with Crippen LogP contribution in [0.3, 0.4) is 0 Å². The molecule has 2 fully saturated rings. The molecule has 0 bridgehead atoms. The Labute approximate surface area is 161 Å². The molecule has 0 aromatic heterocycles. The van der Waals surface area contributed by atoms with Gasteiger partial charge in [0.15, 0.2) is 0 Å². The monoisotopic (exact) mass is 356 g/mol. The van der Waals surface area contributed by atoms with Crippen LogP contribution < -0.4 is 10.6 Å². The van der Waals surface area contributed by atoms with Gasteiger partial charge in [0.05, 0.1) is 0 Å². The molecule has 3 rings (SSSR count). The van der Waals surface area contributed by atoms with E-state index in [1.165, 1.54) is 75.3 Å². The molecule has 2 nitrogen and oxygen atoms in total. The Morgan fingerprint density at radius 3 is 1.35 bits per heavy atom. The average molecular weight is 357 g/mol. The van der Waals surface area contributed by atoms with Crippen molar-refractivity contribution >= 4 is 0 Å². The Hall–Kier alpha value is -0.860. The molecule has 0 amide bonds. The maximum atomic E-state index is 3.77. The van der Waals surface area contributed by atoms with Gasteiger partial charge >= 0.3 is 0 Å². The van der Waals surface area contributed by atoms with Crippen LogP contribution in [0.15, 0.2) is 24.3 Å². The van der Waals surface area contributed by atoms with Crippen molar-refractivity contribution in [3.05, 3.63) is 35.4 Å². The quantitative estimate of drug-likeness (QED) is 0.615. The zero-order valence-electron chi connectivity index (χ0n) is 17.1. The van der Waals surface area contributed by atoms with Gasteiger partial charge in [-0.1, -0.05) is 62.8 Å². The Kier molecular flexibility index (Phi) is 8.01. The molecule has 146 valence electrons. The number of nitrogens with one attached hydrogen (secondary N) is 2. The lowest BCUT2D eigenvalue weighted by atomic mass is 9.84. The summed E-state index contributed by atoms with van der Waals surface area (Å²) < 4.78 is 0. The lowest BCUT2D eigenvalue weighted by molar-refractivity contribution is 0.280. The van der Waals surface area contributed by atoms with E-state index in [2.05, 4.69) is 48.7 Å². The summed E-state index contributed by atoms with van der Waals surface area (Å²) in [5, 5.41) is 7.53. The molecule has 26 heavy (non-hydrogen) atoms. The van der Waals surface area contributed by atoms with Gasteiger partial charge in [-0.05, 0) is 62.5 Å². The summed E-state index contributed by atoms with van der Waals surface area (Å²) in [6.45, 7) is 6.76. The topological polar surface area (TPSA) is 24.1 Å². The van der Waals surface area contributed by atoms with Crippen LogP contribution in [0.4, 0.5) is 0 Å². The zero-order valence-corrected chi connectivity index (χ0v) is 17.1. The first kappa shape index (κ1) is 19.9. The number of hydrogen-bond donors (Lipinski definition) is 2. The third kappa shape index (κ3) is 6.09. The van der Waals surface area contributed by atoms with Gasteiger partial charge in [-0.2, -0.15) is 0 Å². The summed E-state index contributed by atoms with van der Waals surface area (Å²) in [4.78, 5) is 0. The molecule has 2 atom stereocenters. The first-order chi connectivity index (χ1) is 12.7. The van der Waals surface area contributed by atoms with Crippen LogP contribution in [0.2, 0.25) is 0 Å². The van der Waals surface area contributed by atoms with Gasteiger partial charge in [-0.15, -0.1) is 0 Å². The predicted molar refractivity (Wildman–Crippen MR) is 112 cm³/mol. The van der Waals surface area contributed by atoms with Crippen molar-refractivity contribution in [3.63, 3.8) is 0 Å². The van der Waals surface area contributed by atoms with Gasteiger partial charge in [-0.25, -0.2) is 0 Å². The van der Waals surface area contributed by atoms with Gasteiger partial charge < -0.3 is 10.6 Å². The smallest absolute Gasteiger partial charge is 0.0208 e. The SMILES string of the molecule is CC(NCc1ccc(CNC(C)C2CCCCC2)cc1)C1CCCCC1. The van der Waals surface area contributed by atoms with E-state index in [4.69, 9.17) is 0 Å². The summed E-state index contributed by atoms with van der Waals surface area (Å²) in [5.74, 6) is 1.77. The summed E-state index contributed by atoms with van der Waals surface area (Å²) in [7, 11) is 0. The lowest BCUT2D eigenvalue weighted by Crippen LogP contribution is -2.34. The summed E-state index contributed by atoms with van der Waals surface area (Å²) >= 11 is 0. The van der Waals surface area contributed by atoms with Crippen molar-refractivity contribution in [2.75, 3.05) is 0 Å². The summed E-state index contributed by atoms with van der Waals surface area (Å²) in [6.07, 6.45) is 14.3. The number of benzene rings is 1. The minimum absolute atomic E-state index is 0.646. The Morgan fingerprint density at radius 2 is 1.00 bits per heavy atom. The van der Waals surface area contributed by atoms with Crippen LogP contribution in [-0.4, -0.2) is 12.1 Å². The molecule has 0 spiro atoms. The van der Waals surface area contributed by atoms with Crippen molar-refractivity contribution in [2.45, 2.75) is 103 Å². The number of rotatable bonds is 8. The predicted octanol–water partition coefficient (Wildman–Crippen LogP) is 5.80. The second kappa shape index (κ2) is 10.5. The molecule has 2 saturated carbocycles. The highest BCUT2D eigenvalue weighted by atomic mass is 14.9. The van der Waals surface area contributed by atoms with E-state index in [-0.39, 0.29) is 0 Å². The van der Waals surface area contributed by atoms with Crippen LogP contribution in [-0.2, 0) is 13.1 Å². The molecular weight excluding hydrogens is 316 g/mol. The third-order valence-electron chi connectivity index (χ3n) is 6.99. The highest BCUT2D eigenvalue weighted by Gasteiger charge is 2.20. The molecule has 0 saturated heterocycles. The fourth-order valence-corrected chi connectivity index (χ4v) is 4.93. The molecule has 0 heterocycles. The minimum Gasteiger partial charge on any atom is -0.310 e. The molecule has 1 aromatic carbocycles. The van der Waals surface area contributed by atoms with E-state index in [1.54, 1.807) is 0 Å². The molecule has 0 radical (unpaired) electrons. The van der Waals surface area contributed by atoms with Gasteiger partial charge in [0.1, 0.15) is 0 Å². The molecule has 1 aromatic rings. The maximum absolute atomic E-state index is 3.77. The van der Waals surface area contributed by atoms with E-state index in [9.17, 15) is 0 Å². The van der Waals surface area contributed by atoms with E-state index < -0.39 is 0 Å². The van der Waals surface area contributed by atoms with Crippen molar-refractivity contribution in [1.29, 1.82) is 0 Å². The highest BCUT2D eigenvalue weighted by Crippen LogP contribution is 2.27. The van der Waals surface area contributed by atoms with Crippen molar-refractivity contribution in [2.24, 2.45) is 11.8 Å². The van der Waals surface area contributed by atoms with Gasteiger partial charge in [0.25, 0.3) is 0 Å². The summed E-state index contributed by atoms with van der Waals surface area (Å²) in [5.41, 5.74) is 2.83. The second-order valence-electron chi connectivity index (χ2n) is 8.95. The Morgan fingerprint density at radius 1 is 0.654 bits per heavy atom. The number of hydrogen-bond acceptors (Lipinski definition) is 2. The van der Waals surface area contributed by atoms with E-state index in [0.717, 1.165) is 24.9 Å². The van der Waals surface area contributed by atoms with Crippen molar-refractivity contribution < 1.29 is 0 Å². The van der Waals surface area contributed by atoms with Crippen LogP contribution in [0.5, 0.6) is 0 Å². The van der Waals surface area contributed by atoms with Crippen molar-refractivity contribution in [3.8, 4) is 0 Å². The van der Waals surface area contributed by atoms with Crippen LogP contribution in [0.25, 0.3) is 0 Å². The molecule has 2 aliphatic rings. The van der Waals surface area contributed by atoms with E-state index in [1.807, 2.05) is 0 Å². The van der Waals surface area contributed by atoms with Crippen LogP contribution >= 0.6 is 0 Å². The lowest BCUT2D eigenvalue weighted by Gasteiger charge is -2.28. The van der Waals surface area contributed by atoms with Gasteiger partial charge in [0, 0.05) is 25.2 Å². The molecule has 2 unspecified atom stereocenters. The molecule has 2 N–H and O–H groups in total. The summed E-state index contributed by atoms with van der Waals surface area (Å²) in [6, 6.07) is 10.5. The first-order valence-corrected chi connectivity index (χ1v) is 11.3. The second-order valence-corrected chi connectivity index (χ2v) is 8.95. The van der Waals surface area contributed by atoms with E-state index >= 15 is 0 Å². The first-order valence-electron chi connectivity index (χ1n) is 11.3. The Bertz CT molecular complexity index is 450. The third-order valence-corrected chi connectivity index (χ3v) is 6.99. The van der Waals surface area contributed by atoms with Gasteiger partial charge in [-0.3, -0.25) is 0 Å². The normalized spacial score (nSPS) is 22.2. The fourth-order valence-electron chi connectivity index (χ4n) is 4.93. The van der Waals surface area contributed by atoms with Gasteiger partial charge in [0.2, 0.25) is 0 Å². The largest absolute Gasteiger partial charge is 0.310 e. The highest BCUT2D eigenvalue weighted by molar-refractivity contribution is 5.22. The maximum Gasteiger partial charge on any atom is 0.0208 e.